The topological polar surface area (TPSA) is 29.1 Å². The van der Waals surface area contributed by atoms with Crippen molar-refractivity contribution in [1.82, 2.24) is 5.32 Å². The van der Waals surface area contributed by atoms with Crippen LogP contribution in [0.15, 0.2) is 0 Å². The highest BCUT2D eigenvalue weighted by Crippen LogP contribution is 1.68. The predicted octanol–water partition coefficient (Wildman–Crippen LogP) is 0.986. The van der Waals surface area contributed by atoms with Crippen molar-refractivity contribution < 1.29 is 4.79 Å². The van der Waals surface area contributed by atoms with Crippen LogP contribution in [0.2, 0.25) is 0 Å². The Bertz CT molecular complexity index is 52.0. The third-order valence-electron chi connectivity index (χ3n) is 0.600. The van der Waals surface area contributed by atoms with E-state index >= 15 is 0 Å². The van der Waals surface area contributed by atoms with E-state index in [4.69, 9.17) is 0 Å². The molecule has 0 aromatic carbocycles. The van der Waals surface area contributed by atoms with E-state index in [1.165, 1.54) is 0 Å². The van der Waals surface area contributed by atoms with Crippen molar-refractivity contribution in [1.29, 1.82) is 0 Å². The summed E-state index contributed by atoms with van der Waals surface area (Å²) in [6.45, 7) is 1.82. The number of nitrogens with one attached hydrogen (secondary N) is 1. The van der Waals surface area contributed by atoms with Crippen LogP contribution >= 0.6 is 24.8 Å². The molecule has 2 nitrogen and oxygen atoms in total. The summed E-state index contributed by atoms with van der Waals surface area (Å²) in [6.07, 6.45) is 0.580. The molecule has 0 saturated carbocycles. The Morgan fingerprint density at radius 1 is 1.50 bits per heavy atom. The summed E-state index contributed by atoms with van der Waals surface area (Å²) in [4.78, 5) is 10.1. The Morgan fingerprint density at radius 2 is 1.88 bits per heavy atom. The molecule has 0 aliphatic heterocycles. The maximum atomic E-state index is 10.1. The zero-order valence-corrected chi connectivity index (χ0v) is 6.56. The number of hydrogen-bond donors (Lipinski definition) is 1. The highest BCUT2D eigenvalue weighted by Gasteiger charge is 1.84. The van der Waals surface area contributed by atoms with Gasteiger partial charge < -0.3 is 5.32 Å². The zero-order valence-electron chi connectivity index (χ0n) is 4.93. The molecule has 0 heterocycles. The van der Waals surface area contributed by atoms with Gasteiger partial charge in [-0.05, 0) is 0 Å². The van der Waals surface area contributed by atoms with Crippen molar-refractivity contribution in [3.63, 3.8) is 0 Å². The SMILES string of the molecule is CCC(=O)NC.Cl.Cl. The number of carbonyl (C=O) groups excluding carboxylic acids is 1. The molecule has 0 aromatic rings. The molecule has 0 radical (unpaired) electrons. The monoisotopic (exact) mass is 159 g/mol. The molecule has 4 heteroatoms. The van der Waals surface area contributed by atoms with Gasteiger partial charge in [0, 0.05) is 13.5 Å². The molecule has 0 aromatic heterocycles. The largest absolute Gasteiger partial charge is 0.359 e. The molecule has 0 saturated heterocycles. The molecule has 0 atom stereocenters. The molecule has 52 valence electrons. The van der Waals surface area contributed by atoms with Crippen molar-refractivity contribution in [2.45, 2.75) is 13.3 Å². The highest BCUT2D eigenvalue weighted by atomic mass is 35.5. The molecule has 0 spiro atoms. The first-order valence-electron chi connectivity index (χ1n) is 2.01. The van der Waals surface area contributed by atoms with Crippen LogP contribution < -0.4 is 5.32 Å². The van der Waals surface area contributed by atoms with E-state index in [2.05, 4.69) is 5.32 Å². The van der Waals surface area contributed by atoms with Crippen LogP contribution in [0.25, 0.3) is 0 Å². The summed E-state index contributed by atoms with van der Waals surface area (Å²) in [6, 6.07) is 0. The normalized spacial score (nSPS) is 5.75. The first-order chi connectivity index (χ1) is 2.81. The molecule has 0 aliphatic rings. The van der Waals surface area contributed by atoms with E-state index in [-0.39, 0.29) is 30.7 Å². The van der Waals surface area contributed by atoms with Crippen molar-refractivity contribution in [2.24, 2.45) is 0 Å². The first kappa shape index (κ1) is 15.7. The Labute approximate surface area is 61.9 Å². The fourth-order valence-electron chi connectivity index (χ4n) is 0.177. The first-order valence-corrected chi connectivity index (χ1v) is 2.01. The van der Waals surface area contributed by atoms with Crippen molar-refractivity contribution in [3.8, 4) is 0 Å². The van der Waals surface area contributed by atoms with Gasteiger partial charge in [-0.1, -0.05) is 6.92 Å². The van der Waals surface area contributed by atoms with Gasteiger partial charge in [-0.15, -0.1) is 24.8 Å². The van der Waals surface area contributed by atoms with Crippen LogP contribution in [0, 0.1) is 0 Å². The lowest BCUT2D eigenvalue weighted by Gasteiger charge is -1.87. The molecule has 0 unspecified atom stereocenters. The highest BCUT2D eigenvalue weighted by molar-refractivity contribution is 5.85. The standard InChI is InChI=1S/C4H9NO.2ClH/c1-3-4(6)5-2;;/h3H2,1-2H3,(H,5,6);2*1H. The third-order valence-corrected chi connectivity index (χ3v) is 0.600. The van der Waals surface area contributed by atoms with E-state index in [9.17, 15) is 4.79 Å². The van der Waals surface area contributed by atoms with E-state index < -0.39 is 0 Å². The van der Waals surface area contributed by atoms with Crippen LogP contribution in [0.5, 0.6) is 0 Å². The van der Waals surface area contributed by atoms with Crippen LogP contribution in [0.3, 0.4) is 0 Å². The van der Waals surface area contributed by atoms with Gasteiger partial charge in [-0.25, -0.2) is 0 Å². The van der Waals surface area contributed by atoms with Crippen molar-refractivity contribution >= 4 is 30.7 Å². The molecular formula is C4H11Cl2NO. The van der Waals surface area contributed by atoms with Gasteiger partial charge in [-0.3, -0.25) is 4.79 Å². The summed E-state index contributed by atoms with van der Waals surface area (Å²) < 4.78 is 0. The number of hydrogen-bond acceptors (Lipinski definition) is 1. The van der Waals surface area contributed by atoms with Gasteiger partial charge in [0.15, 0.2) is 0 Å². The number of carbonyl (C=O) groups is 1. The Balaban J connectivity index is -0.000000125. The molecule has 1 N–H and O–H groups in total. The van der Waals surface area contributed by atoms with Crippen LogP contribution in [-0.4, -0.2) is 13.0 Å². The van der Waals surface area contributed by atoms with E-state index in [1.54, 1.807) is 7.05 Å². The van der Waals surface area contributed by atoms with Crippen molar-refractivity contribution in [2.75, 3.05) is 7.05 Å². The molecule has 0 rings (SSSR count). The minimum Gasteiger partial charge on any atom is -0.359 e. The third kappa shape index (κ3) is 9.41. The average Bonchev–Trinajstić information content (AvgIpc) is 1.65. The second-order valence-corrected chi connectivity index (χ2v) is 1.03. The van der Waals surface area contributed by atoms with Gasteiger partial charge in [0.1, 0.15) is 0 Å². The lowest BCUT2D eigenvalue weighted by atomic mass is 10.5. The molecule has 0 fully saturated rings. The van der Waals surface area contributed by atoms with Gasteiger partial charge in [0.2, 0.25) is 5.91 Å². The number of rotatable bonds is 1. The summed E-state index contributed by atoms with van der Waals surface area (Å²) >= 11 is 0. The Kier molecular flexibility index (Phi) is 19.8. The summed E-state index contributed by atoms with van der Waals surface area (Å²) in [5.74, 6) is 0.0926. The predicted molar refractivity (Wildman–Crippen MR) is 38.9 cm³/mol. The summed E-state index contributed by atoms with van der Waals surface area (Å²) in [5.41, 5.74) is 0. The van der Waals surface area contributed by atoms with E-state index in [0.717, 1.165) is 0 Å². The minimum absolute atomic E-state index is 0. The molecule has 8 heavy (non-hydrogen) atoms. The van der Waals surface area contributed by atoms with Crippen molar-refractivity contribution in [3.05, 3.63) is 0 Å². The fraction of sp³-hybridized carbons (Fsp3) is 0.750. The second-order valence-electron chi connectivity index (χ2n) is 1.03. The maximum Gasteiger partial charge on any atom is 0.219 e. The van der Waals surface area contributed by atoms with Crippen LogP contribution in [0.1, 0.15) is 13.3 Å². The lowest BCUT2D eigenvalue weighted by molar-refractivity contribution is -0.120. The molecule has 0 aliphatic carbocycles. The zero-order chi connectivity index (χ0) is 4.99. The number of amides is 1. The van der Waals surface area contributed by atoms with Crippen LogP contribution in [-0.2, 0) is 4.79 Å². The quantitative estimate of drug-likeness (QED) is 0.608. The molecule has 0 bridgehead atoms. The van der Waals surface area contributed by atoms with Gasteiger partial charge in [-0.2, -0.15) is 0 Å². The van der Waals surface area contributed by atoms with Gasteiger partial charge in [0.25, 0.3) is 0 Å². The lowest BCUT2D eigenvalue weighted by Crippen LogP contribution is -2.15. The smallest absolute Gasteiger partial charge is 0.219 e. The average molecular weight is 160 g/mol. The number of halogens is 2. The van der Waals surface area contributed by atoms with Gasteiger partial charge in [0.05, 0.1) is 0 Å². The summed E-state index contributed by atoms with van der Waals surface area (Å²) in [5, 5.41) is 2.48. The second kappa shape index (κ2) is 10.1. The van der Waals surface area contributed by atoms with Crippen LogP contribution in [0.4, 0.5) is 0 Å². The fourth-order valence-corrected chi connectivity index (χ4v) is 0.177. The van der Waals surface area contributed by atoms with E-state index in [0.29, 0.717) is 6.42 Å². The summed E-state index contributed by atoms with van der Waals surface area (Å²) in [7, 11) is 1.63. The maximum absolute atomic E-state index is 10.1. The van der Waals surface area contributed by atoms with Gasteiger partial charge >= 0.3 is 0 Å². The molecule has 1 amide bonds. The minimum atomic E-state index is 0. The Hall–Kier alpha value is 0.0500. The molecular weight excluding hydrogens is 149 g/mol. The Morgan fingerprint density at radius 3 is 1.88 bits per heavy atom. The van der Waals surface area contributed by atoms with E-state index in [1.807, 2.05) is 6.92 Å².